The average molecular weight is 228 g/mol. The molecule has 84 valence electrons. The number of aromatic carboxylic acids is 1. The number of benzene rings is 1. The van der Waals surface area contributed by atoms with Gasteiger partial charge in [0.15, 0.2) is 5.75 Å². The topological polar surface area (TPSA) is 75.2 Å². The molecular weight excluding hydrogens is 222 g/mol. The number of halogens is 2. The largest absolute Gasteiger partial charge is 0.478 e. The molecule has 2 aromatic rings. The van der Waals surface area contributed by atoms with Gasteiger partial charge in [0.25, 0.3) is 0 Å². The number of ether oxygens (including phenoxy) is 1. The van der Waals surface area contributed by atoms with Crippen molar-refractivity contribution in [2.24, 2.45) is 0 Å². The van der Waals surface area contributed by atoms with Crippen molar-refractivity contribution in [3.05, 3.63) is 24.0 Å². The summed E-state index contributed by atoms with van der Waals surface area (Å²) >= 11 is 0. The van der Waals surface area contributed by atoms with Crippen molar-refractivity contribution >= 4 is 17.0 Å². The standard InChI is InChI=1S/C9H6F2N2O3/c10-9(11)16-5-2-1-4(8(14)15)6-7(5)13-3-12-6/h1-3,9H,(H,12,13)(H,14,15). The fraction of sp³-hybridized carbons (Fsp3) is 0.111. The summed E-state index contributed by atoms with van der Waals surface area (Å²) in [7, 11) is 0. The Kier molecular flexibility index (Phi) is 2.43. The van der Waals surface area contributed by atoms with E-state index in [2.05, 4.69) is 14.7 Å². The molecule has 0 fully saturated rings. The minimum atomic E-state index is -2.97. The highest BCUT2D eigenvalue weighted by Crippen LogP contribution is 2.26. The summed E-state index contributed by atoms with van der Waals surface area (Å²) in [6, 6.07) is 2.33. The minimum Gasteiger partial charge on any atom is -0.478 e. The fourth-order valence-corrected chi connectivity index (χ4v) is 1.37. The van der Waals surface area contributed by atoms with Gasteiger partial charge in [0, 0.05) is 0 Å². The molecule has 7 heteroatoms. The molecule has 0 saturated heterocycles. The molecule has 2 N–H and O–H groups in total. The first-order chi connectivity index (χ1) is 7.59. The second kappa shape index (κ2) is 3.76. The van der Waals surface area contributed by atoms with Gasteiger partial charge in [-0.15, -0.1) is 0 Å². The van der Waals surface area contributed by atoms with Gasteiger partial charge in [-0.2, -0.15) is 8.78 Å². The smallest absolute Gasteiger partial charge is 0.387 e. The second-order valence-electron chi connectivity index (χ2n) is 2.92. The minimum absolute atomic E-state index is 0.0714. The Labute approximate surface area is 87.7 Å². The van der Waals surface area contributed by atoms with Crippen LogP contribution in [0.1, 0.15) is 10.4 Å². The summed E-state index contributed by atoms with van der Waals surface area (Å²) in [5, 5.41) is 8.83. The first-order valence-electron chi connectivity index (χ1n) is 4.24. The molecule has 1 aromatic heterocycles. The Hall–Kier alpha value is -2.18. The number of nitrogens with zero attached hydrogens (tertiary/aromatic N) is 1. The lowest BCUT2D eigenvalue weighted by Crippen LogP contribution is -2.04. The van der Waals surface area contributed by atoms with E-state index in [9.17, 15) is 13.6 Å². The molecule has 0 saturated carbocycles. The number of carboxylic acids is 1. The van der Waals surface area contributed by atoms with Gasteiger partial charge in [-0.05, 0) is 12.1 Å². The molecule has 2 rings (SSSR count). The summed E-state index contributed by atoms with van der Waals surface area (Å²) in [6.07, 6.45) is 1.22. The van der Waals surface area contributed by atoms with Gasteiger partial charge in [-0.25, -0.2) is 9.78 Å². The van der Waals surface area contributed by atoms with Crippen LogP contribution in [-0.2, 0) is 0 Å². The predicted octanol–water partition coefficient (Wildman–Crippen LogP) is 1.86. The van der Waals surface area contributed by atoms with Crippen LogP contribution in [-0.4, -0.2) is 27.7 Å². The number of imidazole rings is 1. The van der Waals surface area contributed by atoms with Crippen molar-refractivity contribution in [2.45, 2.75) is 6.61 Å². The lowest BCUT2D eigenvalue weighted by atomic mass is 10.2. The summed E-state index contributed by atoms with van der Waals surface area (Å²) in [6.45, 7) is -2.97. The van der Waals surface area contributed by atoms with Gasteiger partial charge in [0.05, 0.1) is 11.9 Å². The maximum Gasteiger partial charge on any atom is 0.387 e. The number of aromatic amines is 1. The number of H-pyrrole nitrogens is 1. The average Bonchev–Trinajstić information content (AvgIpc) is 2.65. The number of rotatable bonds is 3. The van der Waals surface area contributed by atoms with Crippen molar-refractivity contribution in [3.8, 4) is 5.75 Å². The predicted molar refractivity (Wildman–Crippen MR) is 49.7 cm³/mol. The first-order valence-corrected chi connectivity index (χ1v) is 4.24. The second-order valence-corrected chi connectivity index (χ2v) is 2.92. The molecule has 0 aliphatic carbocycles. The molecule has 0 amide bonds. The Morgan fingerprint density at radius 2 is 2.25 bits per heavy atom. The third-order valence-electron chi connectivity index (χ3n) is 1.99. The van der Waals surface area contributed by atoms with Gasteiger partial charge < -0.3 is 14.8 Å². The van der Waals surface area contributed by atoms with E-state index in [0.717, 1.165) is 6.07 Å². The van der Waals surface area contributed by atoms with E-state index in [0.29, 0.717) is 0 Å². The van der Waals surface area contributed by atoms with Crippen LogP contribution in [0, 0.1) is 0 Å². The van der Waals surface area contributed by atoms with Gasteiger partial charge in [-0.1, -0.05) is 0 Å². The van der Waals surface area contributed by atoms with Crippen LogP contribution >= 0.6 is 0 Å². The SMILES string of the molecule is O=C(O)c1ccc(OC(F)F)c2[nH]cnc12. The Morgan fingerprint density at radius 3 is 2.88 bits per heavy atom. The summed E-state index contributed by atoms with van der Waals surface area (Å²) in [5.41, 5.74) is 0.156. The van der Waals surface area contributed by atoms with Gasteiger partial charge in [0.1, 0.15) is 11.0 Å². The van der Waals surface area contributed by atoms with Crippen LogP contribution in [0.15, 0.2) is 18.5 Å². The van der Waals surface area contributed by atoms with Crippen LogP contribution < -0.4 is 4.74 Å². The van der Waals surface area contributed by atoms with Gasteiger partial charge in [0.2, 0.25) is 0 Å². The number of hydrogen-bond donors (Lipinski definition) is 2. The van der Waals surface area contributed by atoms with E-state index in [4.69, 9.17) is 5.11 Å². The number of nitrogens with one attached hydrogen (secondary N) is 1. The number of carbonyl (C=O) groups is 1. The molecule has 0 atom stereocenters. The van der Waals surface area contributed by atoms with E-state index >= 15 is 0 Å². The molecule has 0 aliphatic rings. The summed E-state index contributed by atoms with van der Waals surface area (Å²) < 4.78 is 28.3. The number of carboxylic acid groups (broad SMARTS) is 1. The first kappa shape index (κ1) is 10.3. The van der Waals surface area contributed by atoms with Crippen molar-refractivity contribution in [3.63, 3.8) is 0 Å². The molecule has 1 heterocycles. The van der Waals surface area contributed by atoms with Crippen molar-refractivity contribution in [1.82, 2.24) is 9.97 Å². The molecule has 0 radical (unpaired) electrons. The van der Waals surface area contributed by atoms with Crippen molar-refractivity contribution in [2.75, 3.05) is 0 Å². The van der Waals surface area contributed by atoms with Crippen LogP contribution in [0.25, 0.3) is 11.0 Å². The normalized spacial score (nSPS) is 10.9. The molecule has 0 unspecified atom stereocenters. The quantitative estimate of drug-likeness (QED) is 0.840. The lowest BCUT2D eigenvalue weighted by molar-refractivity contribution is -0.0489. The van der Waals surface area contributed by atoms with E-state index in [1.54, 1.807) is 0 Å². The molecule has 16 heavy (non-hydrogen) atoms. The van der Waals surface area contributed by atoms with Crippen LogP contribution in [0.2, 0.25) is 0 Å². The lowest BCUT2D eigenvalue weighted by Gasteiger charge is -2.05. The Bertz CT molecular complexity index is 539. The molecule has 0 bridgehead atoms. The number of alkyl halides is 2. The highest BCUT2D eigenvalue weighted by atomic mass is 19.3. The molecule has 1 aromatic carbocycles. The zero-order valence-corrected chi connectivity index (χ0v) is 7.78. The number of fused-ring (bicyclic) bond motifs is 1. The van der Waals surface area contributed by atoms with E-state index in [1.165, 1.54) is 12.4 Å². The van der Waals surface area contributed by atoms with Crippen LogP contribution in [0.3, 0.4) is 0 Å². The highest BCUT2D eigenvalue weighted by molar-refractivity contribution is 6.02. The fourth-order valence-electron chi connectivity index (χ4n) is 1.37. The Balaban J connectivity index is 2.59. The zero-order valence-electron chi connectivity index (χ0n) is 7.78. The van der Waals surface area contributed by atoms with E-state index in [-0.39, 0.29) is 22.3 Å². The third-order valence-corrected chi connectivity index (χ3v) is 1.99. The molecule has 5 nitrogen and oxygen atoms in total. The summed E-state index contributed by atoms with van der Waals surface area (Å²) in [4.78, 5) is 17.1. The molecular formula is C9H6F2N2O3. The van der Waals surface area contributed by atoms with Crippen molar-refractivity contribution in [1.29, 1.82) is 0 Å². The number of hydrogen-bond acceptors (Lipinski definition) is 3. The molecule has 0 aliphatic heterocycles. The van der Waals surface area contributed by atoms with Crippen LogP contribution in [0.4, 0.5) is 8.78 Å². The van der Waals surface area contributed by atoms with E-state index < -0.39 is 12.6 Å². The Morgan fingerprint density at radius 1 is 1.50 bits per heavy atom. The molecule has 0 spiro atoms. The maximum atomic E-state index is 12.0. The van der Waals surface area contributed by atoms with Gasteiger partial charge in [-0.3, -0.25) is 0 Å². The van der Waals surface area contributed by atoms with Crippen LogP contribution in [0.5, 0.6) is 5.75 Å². The third kappa shape index (κ3) is 1.67. The van der Waals surface area contributed by atoms with E-state index in [1.807, 2.05) is 0 Å². The monoisotopic (exact) mass is 228 g/mol. The zero-order chi connectivity index (χ0) is 11.7. The maximum absolute atomic E-state index is 12.0. The summed E-state index contributed by atoms with van der Waals surface area (Å²) in [5.74, 6) is -1.31. The van der Waals surface area contributed by atoms with Crippen molar-refractivity contribution < 1.29 is 23.4 Å². The number of aromatic nitrogens is 2. The highest BCUT2D eigenvalue weighted by Gasteiger charge is 2.16. The van der Waals surface area contributed by atoms with Gasteiger partial charge >= 0.3 is 12.6 Å².